The molecule has 130 valence electrons. The molecule has 0 saturated carbocycles. The van der Waals surface area contributed by atoms with Crippen LogP contribution >= 0.6 is 0 Å². The molecule has 1 aromatic carbocycles. The number of methoxy groups -OCH3 is 1. The lowest BCUT2D eigenvalue weighted by atomic mass is 9.95. The Labute approximate surface area is 141 Å². The number of ether oxygens (including phenoxy) is 1. The van der Waals surface area contributed by atoms with Crippen molar-refractivity contribution in [1.82, 2.24) is 15.0 Å². The molecule has 0 aliphatic carbocycles. The Balaban J connectivity index is 1.79. The third-order valence-electron chi connectivity index (χ3n) is 4.78. The summed E-state index contributed by atoms with van der Waals surface area (Å²) in [5.74, 6) is 1.39. The summed E-state index contributed by atoms with van der Waals surface area (Å²) in [6.07, 6.45) is 1.99. The van der Waals surface area contributed by atoms with E-state index in [2.05, 4.69) is 28.9 Å². The number of nitrogens with zero attached hydrogens (tertiary/aromatic N) is 3. The minimum Gasteiger partial charge on any atom is -0.496 e. The molecule has 1 fully saturated rings. The van der Waals surface area contributed by atoms with Crippen molar-refractivity contribution in [3.63, 3.8) is 0 Å². The van der Waals surface area contributed by atoms with E-state index in [1.54, 1.807) is 20.1 Å². The monoisotopic (exact) mass is 333 g/mol. The molecule has 2 aromatic rings. The van der Waals surface area contributed by atoms with Crippen LogP contribution in [0.4, 0.5) is 4.39 Å². The van der Waals surface area contributed by atoms with Gasteiger partial charge < -0.3 is 14.2 Å². The van der Waals surface area contributed by atoms with Gasteiger partial charge in [0.05, 0.1) is 12.7 Å². The molecule has 1 aromatic heterocycles. The van der Waals surface area contributed by atoms with Gasteiger partial charge in [-0.3, -0.25) is 0 Å². The Morgan fingerprint density at radius 1 is 1.29 bits per heavy atom. The Hall–Kier alpha value is -1.95. The van der Waals surface area contributed by atoms with E-state index in [0.717, 1.165) is 31.5 Å². The van der Waals surface area contributed by atoms with E-state index in [4.69, 9.17) is 9.26 Å². The maximum absolute atomic E-state index is 14.3. The molecule has 0 amide bonds. The van der Waals surface area contributed by atoms with Crippen LogP contribution < -0.4 is 4.74 Å². The Morgan fingerprint density at radius 3 is 2.62 bits per heavy atom. The highest BCUT2D eigenvalue weighted by Crippen LogP contribution is 2.32. The average molecular weight is 333 g/mol. The van der Waals surface area contributed by atoms with Crippen molar-refractivity contribution in [2.45, 2.75) is 45.6 Å². The number of aromatic nitrogens is 2. The van der Waals surface area contributed by atoms with Crippen LogP contribution in [-0.4, -0.2) is 41.3 Å². The zero-order chi connectivity index (χ0) is 17.3. The molecule has 0 unspecified atom stereocenters. The highest BCUT2D eigenvalue weighted by Gasteiger charge is 2.26. The van der Waals surface area contributed by atoms with Gasteiger partial charge in [0.1, 0.15) is 11.6 Å². The van der Waals surface area contributed by atoms with Crippen molar-refractivity contribution in [3.05, 3.63) is 29.3 Å². The summed E-state index contributed by atoms with van der Waals surface area (Å²) in [5, 5.41) is 4.09. The van der Waals surface area contributed by atoms with Gasteiger partial charge in [-0.15, -0.1) is 0 Å². The van der Waals surface area contributed by atoms with Gasteiger partial charge in [0.15, 0.2) is 5.82 Å². The normalized spacial score (nSPS) is 16.8. The number of piperidine rings is 1. The van der Waals surface area contributed by atoms with Crippen LogP contribution in [0.25, 0.3) is 11.5 Å². The number of hydrogen-bond acceptors (Lipinski definition) is 5. The molecule has 1 aliphatic heterocycles. The summed E-state index contributed by atoms with van der Waals surface area (Å²) in [5.41, 5.74) is 1.02. The predicted octanol–water partition coefficient (Wildman–Crippen LogP) is 3.78. The topological polar surface area (TPSA) is 51.4 Å². The van der Waals surface area contributed by atoms with Gasteiger partial charge in [0.25, 0.3) is 5.89 Å². The predicted molar refractivity (Wildman–Crippen MR) is 89.7 cm³/mol. The number of halogens is 1. The van der Waals surface area contributed by atoms with E-state index >= 15 is 0 Å². The van der Waals surface area contributed by atoms with Crippen molar-refractivity contribution < 1.29 is 13.7 Å². The summed E-state index contributed by atoms with van der Waals surface area (Å²) < 4.78 is 24.8. The van der Waals surface area contributed by atoms with Gasteiger partial charge in [0, 0.05) is 12.0 Å². The Morgan fingerprint density at radius 2 is 2.00 bits per heavy atom. The minimum atomic E-state index is -0.377. The molecule has 3 rings (SSSR count). The molecule has 0 bridgehead atoms. The largest absolute Gasteiger partial charge is 0.496 e. The first kappa shape index (κ1) is 16.9. The molecule has 6 heteroatoms. The molecule has 1 aliphatic rings. The molecular formula is C18H24FN3O2. The standard InChI is InChI=1S/C18H24FN3O2/c1-11(2)22-7-5-13(6-8-22)17-20-18(24-21-17)14-10-16(23-4)12(3)9-15(14)19/h9-11,13H,5-8H2,1-4H3. The fourth-order valence-corrected chi connectivity index (χ4v) is 3.22. The van der Waals surface area contributed by atoms with E-state index in [-0.39, 0.29) is 23.2 Å². The first-order valence-corrected chi connectivity index (χ1v) is 8.41. The quantitative estimate of drug-likeness (QED) is 0.852. The van der Waals surface area contributed by atoms with Gasteiger partial charge in [0.2, 0.25) is 0 Å². The highest BCUT2D eigenvalue weighted by atomic mass is 19.1. The summed E-state index contributed by atoms with van der Waals surface area (Å²) in [4.78, 5) is 6.89. The van der Waals surface area contributed by atoms with Gasteiger partial charge >= 0.3 is 0 Å². The lowest BCUT2D eigenvalue weighted by Crippen LogP contribution is -2.38. The zero-order valence-electron chi connectivity index (χ0n) is 14.7. The second kappa shape index (κ2) is 6.89. The lowest BCUT2D eigenvalue weighted by Gasteiger charge is -2.33. The molecule has 0 N–H and O–H groups in total. The molecule has 5 nitrogen and oxygen atoms in total. The Kier molecular flexibility index (Phi) is 4.85. The SMILES string of the molecule is COc1cc(-c2nc(C3CCN(C(C)C)CC3)no2)c(F)cc1C. The van der Waals surface area contributed by atoms with Crippen molar-refractivity contribution >= 4 is 0 Å². The average Bonchev–Trinajstić information content (AvgIpc) is 3.05. The second-order valence-electron chi connectivity index (χ2n) is 6.66. The molecule has 2 heterocycles. The fourth-order valence-electron chi connectivity index (χ4n) is 3.22. The molecule has 0 atom stereocenters. The van der Waals surface area contributed by atoms with E-state index in [9.17, 15) is 4.39 Å². The molecule has 1 saturated heterocycles. The van der Waals surface area contributed by atoms with Crippen molar-refractivity contribution in [1.29, 1.82) is 0 Å². The number of benzene rings is 1. The van der Waals surface area contributed by atoms with Crippen molar-refractivity contribution in [3.8, 4) is 17.2 Å². The van der Waals surface area contributed by atoms with Crippen LogP contribution in [0.1, 0.15) is 44.0 Å². The molecule has 24 heavy (non-hydrogen) atoms. The second-order valence-corrected chi connectivity index (χ2v) is 6.66. The number of rotatable bonds is 4. The van der Waals surface area contributed by atoms with Crippen LogP contribution in [0.5, 0.6) is 5.75 Å². The maximum Gasteiger partial charge on any atom is 0.261 e. The zero-order valence-corrected chi connectivity index (χ0v) is 14.7. The number of likely N-dealkylation sites (tertiary alicyclic amines) is 1. The van der Waals surface area contributed by atoms with Gasteiger partial charge in [-0.1, -0.05) is 5.16 Å². The summed E-state index contributed by atoms with van der Waals surface area (Å²) in [6.45, 7) is 8.27. The first-order chi connectivity index (χ1) is 11.5. The van der Waals surface area contributed by atoms with E-state index in [1.165, 1.54) is 6.07 Å². The van der Waals surface area contributed by atoms with E-state index in [0.29, 0.717) is 17.6 Å². The molecule has 0 spiro atoms. The number of aryl methyl sites for hydroxylation is 1. The van der Waals surface area contributed by atoms with Crippen molar-refractivity contribution in [2.75, 3.05) is 20.2 Å². The van der Waals surface area contributed by atoms with Gasteiger partial charge in [-0.25, -0.2) is 4.39 Å². The summed E-state index contributed by atoms with van der Waals surface area (Å²) >= 11 is 0. The van der Waals surface area contributed by atoms with E-state index in [1.807, 2.05) is 0 Å². The lowest BCUT2D eigenvalue weighted by molar-refractivity contribution is 0.168. The smallest absolute Gasteiger partial charge is 0.261 e. The summed E-state index contributed by atoms with van der Waals surface area (Å²) in [7, 11) is 1.56. The fraction of sp³-hybridized carbons (Fsp3) is 0.556. The number of hydrogen-bond donors (Lipinski definition) is 0. The van der Waals surface area contributed by atoms with Gasteiger partial charge in [-0.2, -0.15) is 4.98 Å². The van der Waals surface area contributed by atoms with Crippen LogP contribution in [0.15, 0.2) is 16.7 Å². The van der Waals surface area contributed by atoms with E-state index < -0.39 is 0 Å². The van der Waals surface area contributed by atoms with Crippen LogP contribution in [0.2, 0.25) is 0 Å². The third-order valence-corrected chi connectivity index (χ3v) is 4.78. The van der Waals surface area contributed by atoms with Crippen LogP contribution in [0.3, 0.4) is 0 Å². The van der Waals surface area contributed by atoms with Crippen LogP contribution in [0, 0.1) is 12.7 Å². The first-order valence-electron chi connectivity index (χ1n) is 8.41. The van der Waals surface area contributed by atoms with Gasteiger partial charge in [-0.05, 0) is 64.4 Å². The highest BCUT2D eigenvalue weighted by molar-refractivity contribution is 5.58. The minimum absolute atomic E-state index is 0.215. The van der Waals surface area contributed by atoms with Crippen LogP contribution in [-0.2, 0) is 0 Å². The Bertz CT molecular complexity index is 706. The summed E-state index contributed by atoms with van der Waals surface area (Å²) in [6, 6.07) is 3.60. The molecular weight excluding hydrogens is 309 g/mol. The molecule has 0 radical (unpaired) electrons. The van der Waals surface area contributed by atoms with Crippen molar-refractivity contribution in [2.24, 2.45) is 0 Å². The maximum atomic E-state index is 14.3. The third kappa shape index (κ3) is 3.29.